The molecule has 1 aliphatic rings. The molecule has 1 aromatic carbocycles. The van der Waals surface area contributed by atoms with Crippen LogP contribution < -0.4 is 0 Å². The first-order valence-corrected chi connectivity index (χ1v) is 7.72. The maximum absolute atomic E-state index is 12.0. The van der Waals surface area contributed by atoms with Crippen LogP contribution in [-0.2, 0) is 4.79 Å². The molecule has 1 aromatic heterocycles. The van der Waals surface area contributed by atoms with Crippen molar-refractivity contribution in [1.29, 1.82) is 0 Å². The van der Waals surface area contributed by atoms with E-state index in [9.17, 15) is 4.79 Å². The fraction of sp³-hybridized carbons (Fsp3) is 0.471. The van der Waals surface area contributed by atoms with Gasteiger partial charge >= 0.3 is 0 Å². The van der Waals surface area contributed by atoms with Gasteiger partial charge in [0, 0.05) is 19.0 Å². The Morgan fingerprint density at radius 2 is 1.76 bits per heavy atom. The van der Waals surface area contributed by atoms with Crippen LogP contribution in [0.3, 0.4) is 0 Å². The number of nitrogens with zero attached hydrogens (tertiary/aromatic N) is 3. The van der Waals surface area contributed by atoms with Crippen LogP contribution in [-0.4, -0.2) is 34.4 Å². The van der Waals surface area contributed by atoms with Gasteiger partial charge in [-0.2, -0.15) is 0 Å². The maximum Gasteiger partial charge on any atom is 0.231 e. The van der Waals surface area contributed by atoms with E-state index in [1.165, 1.54) is 0 Å². The van der Waals surface area contributed by atoms with Gasteiger partial charge in [0.25, 0.3) is 0 Å². The van der Waals surface area contributed by atoms with E-state index in [-0.39, 0.29) is 11.8 Å². The number of rotatable bonds is 1. The highest BCUT2D eigenvalue weighted by Crippen LogP contribution is 2.30. The Balaban J connectivity index is 0.000000510. The zero-order valence-corrected chi connectivity index (χ0v) is 13.6. The van der Waals surface area contributed by atoms with Gasteiger partial charge < -0.3 is 4.90 Å². The summed E-state index contributed by atoms with van der Waals surface area (Å²) in [5, 5.41) is 0.989. The lowest BCUT2D eigenvalue weighted by Gasteiger charge is -2.11. The van der Waals surface area contributed by atoms with Crippen molar-refractivity contribution in [3.05, 3.63) is 36.3 Å². The van der Waals surface area contributed by atoms with Crippen LogP contribution in [0.15, 0.2) is 30.6 Å². The number of benzene rings is 1. The van der Waals surface area contributed by atoms with Crippen LogP contribution in [0.1, 0.15) is 45.7 Å². The number of hydrogen-bond donors (Lipinski definition) is 0. The summed E-state index contributed by atoms with van der Waals surface area (Å²) in [5.74, 6) is 0.0572. The van der Waals surface area contributed by atoms with Crippen molar-refractivity contribution in [3.63, 3.8) is 0 Å². The van der Waals surface area contributed by atoms with E-state index in [0.29, 0.717) is 0 Å². The van der Waals surface area contributed by atoms with Gasteiger partial charge in [-0.15, -0.1) is 0 Å². The van der Waals surface area contributed by atoms with E-state index in [2.05, 4.69) is 9.97 Å². The van der Waals surface area contributed by atoms with Gasteiger partial charge in [-0.25, -0.2) is 9.97 Å². The number of para-hydroxylation sites is 1. The molecular weight excluding hydrogens is 262 g/mol. The lowest BCUT2D eigenvalue weighted by Crippen LogP contribution is -2.22. The number of likely N-dealkylation sites (tertiary alicyclic amines) is 1. The first-order chi connectivity index (χ1) is 10.3. The molecule has 0 bridgehead atoms. The van der Waals surface area contributed by atoms with E-state index in [1.807, 2.05) is 59.0 Å². The number of carbonyl (C=O) groups is 1. The van der Waals surface area contributed by atoms with Gasteiger partial charge in [0.1, 0.15) is 6.33 Å². The Bertz CT molecular complexity index is 578. The van der Waals surface area contributed by atoms with Crippen LogP contribution in [0.5, 0.6) is 0 Å². The molecule has 4 heteroatoms. The Kier molecular flexibility index (Phi) is 6.79. The first-order valence-electron chi connectivity index (χ1n) is 7.72. The predicted octanol–water partition coefficient (Wildman–Crippen LogP) is 3.63. The zero-order chi connectivity index (χ0) is 15.8. The molecule has 4 nitrogen and oxygen atoms in total. The van der Waals surface area contributed by atoms with Crippen molar-refractivity contribution >= 4 is 16.8 Å². The van der Waals surface area contributed by atoms with E-state index in [0.717, 1.165) is 29.6 Å². The average Bonchev–Trinajstić information content (AvgIpc) is 2.90. The monoisotopic (exact) mass is 287 g/mol. The second-order valence-corrected chi connectivity index (χ2v) is 4.38. The molecule has 114 valence electrons. The summed E-state index contributed by atoms with van der Waals surface area (Å²) in [6.07, 6.45) is 2.39. The molecule has 1 unspecified atom stereocenters. The summed E-state index contributed by atoms with van der Waals surface area (Å²) < 4.78 is 0. The van der Waals surface area contributed by atoms with Crippen molar-refractivity contribution < 1.29 is 4.79 Å². The normalized spacial score (nSPS) is 16.9. The number of fused-ring (bicyclic) bond motifs is 1. The van der Waals surface area contributed by atoms with Crippen LogP contribution in [0.2, 0.25) is 0 Å². The minimum absolute atomic E-state index is 0.104. The second-order valence-electron chi connectivity index (χ2n) is 4.38. The lowest BCUT2D eigenvalue weighted by molar-refractivity contribution is -0.127. The molecule has 1 atom stereocenters. The van der Waals surface area contributed by atoms with E-state index in [4.69, 9.17) is 0 Å². The van der Waals surface area contributed by atoms with Gasteiger partial charge in [0.15, 0.2) is 0 Å². The van der Waals surface area contributed by atoms with Gasteiger partial charge in [0.05, 0.1) is 17.1 Å². The van der Waals surface area contributed by atoms with Crippen molar-refractivity contribution in [1.82, 2.24) is 14.9 Å². The summed E-state index contributed by atoms with van der Waals surface area (Å²) in [4.78, 5) is 22.3. The lowest BCUT2D eigenvalue weighted by atomic mass is 9.99. The number of likely N-dealkylation sites (N-methyl/N-ethyl adjacent to an activating group) is 1. The standard InChI is InChI=1S/C13H13N3O.2C2H6/c1-16-7-6-10(13(16)17)12-9-4-2-3-5-11(9)14-8-15-12;2*1-2/h2-5,8,10H,6-7H2,1H3;2*1-2H3. The van der Waals surface area contributed by atoms with Crippen LogP contribution in [0, 0.1) is 0 Å². The van der Waals surface area contributed by atoms with Crippen LogP contribution in [0.4, 0.5) is 0 Å². The fourth-order valence-corrected chi connectivity index (χ4v) is 2.38. The second kappa shape index (κ2) is 8.35. The Hall–Kier alpha value is -1.97. The Morgan fingerprint density at radius 3 is 2.38 bits per heavy atom. The van der Waals surface area contributed by atoms with Gasteiger partial charge in [0.2, 0.25) is 5.91 Å². The van der Waals surface area contributed by atoms with Crippen LogP contribution in [0.25, 0.3) is 10.9 Å². The van der Waals surface area contributed by atoms with Crippen molar-refractivity contribution in [2.45, 2.75) is 40.0 Å². The smallest absolute Gasteiger partial charge is 0.231 e. The summed E-state index contributed by atoms with van der Waals surface area (Å²) in [7, 11) is 1.84. The number of amides is 1. The fourth-order valence-electron chi connectivity index (χ4n) is 2.38. The average molecular weight is 287 g/mol. The number of aromatic nitrogens is 2. The van der Waals surface area contributed by atoms with Gasteiger partial charge in [-0.05, 0) is 12.5 Å². The molecular formula is C17H25N3O. The first kappa shape index (κ1) is 17.1. The molecule has 1 amide bonds. The largest absolute Gasteiger partial charge is 0.345 e. The third-order valence-electron chi connectivity index (χ3n) is 3.33. The van der Waals surface area contributed by atoms with E-state index >= 15 is 0 Å². The minimum atomic E-state index is -0.104. The Labute approximate surface area is 127 Å². The highest BCUT2D eigenvalue weighted by Gasteiger charge is 2.32. The molecule has 0 aliphatic carbocycles. The predicted molar refractivity (Wildman–Crippen MR) is 87.2 cm³/mol. The molecule has 0 radical (unpaired) electrons. The molecule has 0 saturated carbocycles. The highest BCUT2D eigenvalue weighted by molar-refractivity contribution is 5.91. The van der Waals surface area contributed by atoms with Gasteiger partial charge in [-0.3, -0.25) is 4.79 Å². The molecule has 3 rings (SSSR count). The van der Waals surface area contributed by atoms with Crippen molar-refractivity contribution in [3.8, 4) is 0 Å². The molecule has 1 aliphatic heterocycles. The Morgan fingerprint density at radius 1 is 1.10 bits per heavy atom. The quantitative estimate of drug-likeness (QED) is 0.804. The molecule has 2 aromatic rings. The number of carbonyl (C=O) groups excluding carboxylic acids is 1. The van der Waals surface area contributed by atoms with Crippen LogP contribution >= 0.6 is 0 Å². The molecule has 2 heterocycles. The third-order valence-corrected chi connectivity index (χ3v) is 3.33. The zero-order valence-electron chi connectivity index (χ0n) is 13.6. The van der Waals surface area contributed by atoms with Gasteiger partial charge in [-0.1, -0.05) is 45.9 Å². The van der Waals surface area contributed by atoms with Crippen molar-refractivity contribution in [2.75, 3.05) is 13.6 Å². The molecule has 1 saturated heterocycles. The summed E-state index contributed by atoms with van der Waals surface area (Å²) in [5.41, 5.74) is 1.77. The summed E-state index contributed by atoms with van der Waals surface area (Å²) in [6, 6.07) is 7.83. The van der Waals surface area contributed by atoms with E-state index in [1.54, 1.807) is 11.2 Å². The number of hydrogen-bond acceptors (Lipinski definition) is 3. The SMILES string of the molecule is CC.CC.CN1CCC(c2ncnc3ccccc23)C1=O. The third kappa shape index (κ3) is 3.57. The minimum Gasteiger partial charge on any atom is -0.345 e. The molecule has 0 N–H and O–H groups in total. The molecule has 0 spiro atoms. The maximum atomic E-state index is 12.0. The summed E-state index contributed by atoms with van der Waals surface area (Å²) in [6.45, 7) is 8.81. The molecule has 21 heavy (non-hydrogen) atoms. The topological polar surface area (TPSA) is 46.1 Å². The van der Waals surface area contributed by atoms with Crippen molar-refractivity contribution in [2.24, 2.45) is 0 Å². The molecule has 1 fully saturated rings. The van der Waals surface area contributed by atoms with E-state index < -0.39 is 0 Å². The summed E-state index contributed by atoms with van der Waals surface area (Å²) >= 11 is 0. The highest BCUT2D eigenvalue weighted by atomic mass is 16.2.